The Hall–Kier alpha value is -2.42. The van der Waals surface area contributed by atoms with E-state index in [0.717, 1.165) is 4.68 Å². The normalized spacial score (nSPS) is 18.0. The molecule has 1 aromatic carbocycles. The predicted molar refractivity (Wildman–Crippen MR) is 110 cm³/mol. The third-order valence-corrected chi connectivity index (χ3v) is 5.40. The first-order chi connectivity index (χ1) is 14.2. The summed E-state index contributed by atoms with van der Waals surface area (Å²) in [5.74, 6) is -0.517. The van der Waals surface area contributed by atoms with Crippen LogP contribution in [-0.4, -0.2) is 33.2 Å². The SMILES string of the molecule is CC(C)OC(=O)C(N)(CC(C)(C)C)c1ccc(-c2cn(C3(C(F)(F)F)CC3)nn2)cc1. The van der Waals surface area contributed by atoms with Crippen molar-refractivity contribution in [3.63, 3.8) is 0 Å². The highest BCUT2D eigenvalue weighted by atomic mass is 19.4. The molecular formula is C22H29F3N4O2. The van der Waals surface area contributed by atoms with Crippen LogP contribution in [0, 0.1) is 5.41 Å². The van der Waals surface area contributed by atoms with Gasteiger partial charge in [-0.3, -0.25) is 0 Å². The molecule has 1 saturated carbocycles. The van der Waals surface area contributed by atoms with Gasteiger partial charge in [0.2, 0.25) is 0 Å². The van der Waals surface area contributed by atoms with Crippen LogP contribution < -0.4 is 5.73 Å². The van der Waals surface area contributed by atoms with Gasteiger partial charge in [-0.05, 0) is 44.1 Å². The predicted octanol–water partition coefficient (Wildman–Crippen LogP) is 4.54. The van der Waals surface area contributed by atoms with Gasteiger partial charge in [-0.1, -0.05) is 50.3 Å². The summed E-state index contributed by atoms with van der Waals surface area (Å²) in [5.41, 5.74) is 4.50. The molecule has 170 valence electrons. The lowest BCUT2D eigenvalue weighted by Gasteiger charge is -2.34. The molecule has 31 heavy (non-hydrogen) atoms. The molecule has 1 atom stereocenters. The van der Waals surface area contributed by atoms with Crippen molar-refractivity contribution in [1.29, 1.82) is 0 Å². The molecule has 3 rings (SSSR count). The van der Waals surface area contributed by atoms with Gasteiger partial charge >= 0.3 is 12.1 Å². The van der Waals surface area contributed by atoms with Gasteiger partial charge in [0.05, 0.1) is 12.3 Å². The molecule has 0 bridgehead atoms. The molecule has 9 heteroatoms. The number of nitrogens with two attached hydrogens (primary N) is 1. The maximum absolute atomic E-state index is 13.3. The quantitative estimate of drug-likeness (QED) is 0.670. The number of halogens is 3. The van der Waals surface area contributed by atoms with Gasteiger partial charge in [0, 0.05) is 5.56 Å². The topological polar surface area (TPSA) is 83.0 Å². The van der Waals surface area contributed by atoms with Crippen molar-refractivity contribution in [1.82, 2.24) is 15.0 Å². The molecule has 0 spiro atoms. The lowest BCUT2D eigenvalue weighted by Crippen LogP contribution is -2.49. The largest absolute Gasteiger partial charge is 0.461 e. The van der Waals surface area contributed by atoms with Gasteiger partial charge in [0.1, 0.15) is 11.2 Å². The summed E-state index contributed by atoms with van der Waals surface area (Å²) >= 11 is 0. The first kappa shape index (κ1) is 23.2. The molecular weight excluding hydrogens is 409 g/mol. The van der Waals surface area contributed by atoms with Crippen LogP contribution >= 0.6 is 0 Å². The van der Waals surface area contributed by atoms with E-state index in [-0.39, 0.29) is 24.4 Å². The molecule has 0 radical (unpaired) electrons. The number of rotatable bonds is 6. The highest BCUT2D eigenvalue weighted by Gasteiger charge is 2.66. The molecule has 0 amide bonds. The summed E-state index contributed by atoms with van der Waals surface area (Å²) in [6.07, 6.45) is -3.02. The molecule has 1 heterocycles. The van der Waals surface area contributed by atoms with Crippen LogP contribution in [0.25, 0.3) is 11.3 Å². The van der Waals surface area contributed by atoms with Crippen LogP contribution in [0.15, 0.2) is 30.5 Å². The van der Waals surface area contributed by atoms with E-state index in [4.69, 9.17) is 10.5 Å². The minimum atomic E-state index is -4.37. The Kier molecular flexibility index (Phi) is 5.71. The molecule has 2 N–H and O–H groups in total. The van der Waals surface area contributed by atoms with Crippen LogP contribution in [0.5, 0.6) is 0 Å². The number of nitrogens with zero attached hydrogens (tertiary/aromatic N) is 3. The summed E-state index contributed by atoms with van der Waals surface area (Å²) in [6.45, 7) is 9.47. The zero-order valence-corrected chi connectivity index (χ0v) is 18.5. The van der Waals surface area contributed by atoms with Crippen molar-refractivity contribution in [3.05, 3.63) is 36.0 Å². The fraction of sp³-hybridized carbons (Fsp3) is 0.591. The van der Waals surface area contributed by atoms with Gasteiger partial charge in [-0.2, -0.15) is 13.2 Å². The second-order valence-corrected chi connectivity index (χ2v) is 9.82. The second kappa shape index (κ2) is 7.62. The highest BCUT2D eigenvalue weighted by Crippen LogP contribution is 2.55. The number of ether oxygens (including phenoxy) is 1. The van der Waals surface area contributed by atoms with Crippen LogP contribution in [0.1, 0.15) is 59.4 Å². The van der Waals surface area contributed by atoms with E-state index in [9.17, 15) is 18.0 Å². The molecule has 1 aliphatic rings. The molecule has 6 nitrogen and oxygen atoms in total. The maximum atomic E-state index is 13.3. The molecule has 1 unspecified atom stereocenters. The fourth-order valence-electron chi connectivity index (χ4n) is 3.75. The first-order valence-electron chi connectivity index (χ1n) is 10.3. The van der Waals surface area contributed by atoms with Crippen LogP contribution in [0.4, 0.5) is 13.2 Å². The van der Waals surface area contributed by atoms with Crippen molar-refractivity contribution in [3.8, 4) is 11.3 Å². The van der Waals surface area contributed by atoms with Crippen molar-refractivity contribution >= 4 is 5.97 Å². The Balaban J connectivity index is 1.90. The summed E-state index contributed by atoms with van der Waals surface area (Å²) in [4.78, 5) is 12.8. The molecule has 1 aromatic heterocycles. The van der Waals surface area contributed by atoms with Crippen molar-refractivity contribution < 1.29 is 22.7 Å². The first-order valence-corrected chi connectivity index (χ1v) is 10.3. The molecule has 2 aromatic rings. The van der Waals surface area contributed by atoms with E-state index >= 15 is 0 Å². The molecule has 0 saturated heterocycles. The van der Waals surface area contributed by atoms with E-state index in [1.165, 1.54) is 6.20 Å². The van der Waals surface area contributed by atoms with Crippen molar-refractivity contribution in [2.24, 2.45) is 11.1 Å². The number of benzene rings is 1. The third-order valence-electron chi connectivity index (χ3n) is 5.40. The lowest BCUT2D eigenvalue weighted by molar-refractivity contribution is -0.183. The smallest absolute Gasteiger partial charge is 0.413 e. The maximum Gasteiger partial charge on any atom is 0.413 e. The Labute approximate surface area is 179 Å². The van der Waals surface area contributed by atoms with Crippen LogP contribution in [0.3, 0.4) is 0 Å². The van der Waals surface area contributed by atoms with Gasteiger partial charge in [0.25, 0.3) is 0 Å². The van der Waals surface area contributed by atoms with Crippen LogP contribution in [-0.2, 0) is 20.6 Å². The number of hydrogen-bond acceptors (Lipinski definition) is 5. The average Bonchev–Trinajstić information content (AvgIpc) is 3.31. The average molecular weight is 438 g/mol. The van der Waals surface area contributed by atoms with Crippen molar-refractivity contribution in [2.75, 3.05) is 0 Å². The Morgan fingerprint density at radius 3 is 2.23 bits per heavy atom. The number of esters is 1. The number of aromatic nitrogens is 3. The summed E-state index contributed by atoms with van der Waals surface area (Å²) in [6, 6.07) is 6.75. The van der Waals surface area contributed by atoms with Gasteiger partial charge < -0.3 is 10.5 Å². The van der Waals surface area contributed by atoms with E-state index in [1.54, 1.807) is 38.1 Å². The minimum Gasteiger partial charge on any atom is -0.461 e. The van der Waals surface area contributed by atoms with E-state index in [0.29, 0.717) is 23.2 Å². The fourth-order valence-corrected chi connectivity index (χ4v) is 3.75. The Morgan fingerprint density at radius 2 is 1.77 bits per heavy atom. The number of alkyl halides is 3. The van der Waals surface area contributed by atoms with E-state index in [2.05, 4.69) is 10.3 Å². The number of hydrogen-bond donors (Lipinski definition) is 1. The number of carbonyl (C=O) groups is 1. The monoisotopic (exact) mass is 438 g/mol. The van der Waals surface area contributed by atoms with Gasteiger partial charge in [-0.15, -0.1) is 5.10 Å². The van der Waals surface area contributed by atoms with E-state index < -0.39 is 23.2 Å². The molecule has 1 fully saturated rings. The zero-order valence-electron chi connectivity index (χ0n) is 18.5. The molecule has 0 aliphatic heterocycles. The zero-order chi connectivity index (χ0) is 23.2. The number of carbonyl (C=O) groups excluding carboxylic acids is 1. The Morgan fingerprint density at radius 1 is 1.19 bits per heavy atom. The van der Waals surface area contributed by atoms with Crippen molar-refractivity contribution in [2.45, 2.75) is 77.2 Å². The highest BCUT2D eigenvalue weighted by molar-refractivity contribution is 5.83. The van der Waals surface area contributed by atoms with Crippen LogP contribution in [0.2, 0.25) is 0 Å². The lowest BCUT2D eigenvalue weighted by atomic mass is 9.76. The minimum absolute atomic E-state index is 0.00129. The summed E-state index contributed by atoms with van der Waals surface area (Å²) in [5, 5.41) is 7.64. The summed E-state index contributed by atoms with van der Waals surface area (Å²) < 4.78 is 46.3. The Bertz CT molecular complexity index is 941. The second-order valence-electron chi connectivity index (χ2n) is 9.82. The third kappa shape index (κ3) is 4.61. The summed E-state index contributed by atoms with van der Waals surface area (Å²) in [7, 11) is 0. The van der Waals surface area contributed by atoms with Gasteiger partial charge in [0.15, 0.2) is 5.54 Å². The van der Waals surface area contributed by atoms with Gasteiger partial charge in [-0.25, -0.2) is 9.48 Å². The molecule has 1 aliphatic carbocycles. The standard InChI is InChI=1S/C22H29F3N4O2/c1-14(2)31-18(30)21(26,13-19(3,4)5)16-8-6-15(7-9-16)17-12-29(28-27-17)20(10-11-20)22(23,24)25/h6-9,12,14H,10-11,13,26H2,1-5H3. The van der Waals surface area contributed by atoms with E-state index in [1.807, 2.05) is 20.8 Å².